The Labute approximate surface area is 136 Å². The lowest BCUT2D eigenvalue weighted by Crippen LogP contribution is -2.29. The van der Waals surface area contributed by atoms with Gasteiger partial charge in [-0.15, -0.1) is 0 Å². The van der Waals surface area contributed by atoms with E-state index in [0.29, 0.717) is 11.6 Å². The number of carbonyl (C=O) groups excluding carboxylic acids is 1. The zero-order valence-corrected chi connectivity index (χ0v) is 13.7. The molecule has 120 valence electrons. The molecule has 3 heterocycles. The topological polar surface area (TPSA) is 71.0 Å². The molecule has 1 saturated heterocycles. The summed E-state index contributed by atoms with van der Waals surface area (Å²) < 4.78 is 0. The SMILES string of the molecule is CC(=O)N1CCC[C@H]1c1nc(C)cc(Nc2cccc(C)n2)n1. The van der Waals surface area contributed by atoms with Crippen LogP contribution in [0.5, 0.6) is 0 Å². The first-order valence-electron chi connectivity index (χ1n) is 7.86. The summed E-state index contributed by atoms with van der Waals surface area (Å²) in [5.74, 6) is 2.24. The third-order valence-corrected chi connectivity index (χ3v) is 3.97. The molecule has 0 aromatic carbocycles. The van der Waals surface area contributed by atoms with E-state index in [2.05, 4.69) is 20.3 Å². The van der Waals surface area contributed by atoms with Gasteiger partial charge in [-0.1, -0.05) is 6.07 Å². The van der Waals surface area contributed by atoms with Crippen molar-refractivity contribution in [1.82, 2.24) is 19.9 Å². The van der Waals surface area contributed by atoms with E-state index in [0.717, 1.165) is 36.6 Å². The van der Waals surface area contributed by atoms with Crippen LogP contribution >= 0.6 is 0 Å². The van der Waals surface area contributed by atoms with Crippen molar-refractivity contribution in [2.24, 2.45) is 0 Å². The normalized spacial score (nSPS) is 17.3. The highest BCUT2D eigenvalue weighted by molar-refractivity contribution is 5.74. The summed E-state index contributed by atoms with van der Waals surface area (Å²) in [5.41, 5.74) is 1.82. The fourth-order valence-corrected chi connectivity index (χ4v) is 2.96. The van der Waals surface area contributed by atoms with E-state index in [1.807, 2.05) is 43.0 Å². The van der Waals surface area contributed by atoms with Crippen molar-refractivity contribution in [1.29, 1.82) is 0 Å². The van der Waals surface area contributed by atoms with Crippen molar-refractivity contribution in [3.63, 3.8) is 0 Å². The van der Waals surface area contributed by atoms with Gasteiger partial charge in [0.2, 0.25) is 5.91 Å². The highest BCUT2D eigenvalue weighted by Gasteiger charge is 2.30. The monoisotopic (exact) mass is 311 g/mol. The molecule has 1 N–H and O–H groups in total. The van der Waals surface area contributed by atoms with Crippen LogP contribution in [-0.2, 0) is 4.79 Å². The first kappa shape index (κ1) is 15.4. The molecule has 0 radical (unpaired) electrons. The number of carbonyl (C=O) groups is 1. The summed E-state index contributed by atoms with van der Waals surface area (Å²) in [4.78, 5) is 27.2. The fourth-order valence-electron chi connectivity index (χ4n) is 2.96. The number of rotatable bonds is 3. The van der Waals surface area contributed by atoms with E-state index < -0.39 is 0 Å². The third kappa shape index (κ3) is 3.47. The second kappa shape index (κ2) is 6.32. The molecule has 2 aromatic heterocycles. The van der Waals surface area contributed by atoms with Gasteiger partial charge in [-0.3, -0.25) is 4.79 Å². The molecule has 1 amide bonds. The lowest BCUT2D eigenvalue weighted by molar-refractivity contribution is -0.129. The number of aryl methyl sites for hydroxylation is 2. The number of anilines is 2. The van der Waals surface area contributed by atoms with Crippen molar-refractivity contribution < 1.29 is 4.79 Å². The second-order valence-electron chi connectivity index (χ2n) is 5.91. The number of aromatic nitrogens is 3. The van der Waals surface area contributed by atoms with Gasteiger partial charge in [-0.05, 0) is 38.8 Å². The van der Waals surface area contributed by atoms with Crippen LogP contribution in [0.15, 0.2) is 24.3 Å². The van der Waals surface area contributed by atoms with Crippen LogP contribution in [0, 0.1) is 13.8 Å². The van der Waals surface area contributed by atoms with Gasteiger partial charge in [0.1, 0.15) is 11.6 Å². The lowest BCUT2D eigenvalue weighted by Gasteiger charge is -2.22. The van der Waals surface area contributed by atoms with E-state index >= 15 is 0 Å². The highest BCUT2D eigenvalue weighted by atomic mass is 16.2. The molecule has 0 aliphatic carbocycles. The van der Waals surface area contributed by atoms with Crippen LogP contribution in [-0.4, -0.2) is 32.3 Å². The van der Waals surface area contributed by atoms with Crippen molar-refractivity contribution in [3.8, 4) is 0 Å². The van der Waals surface area contributed by atoms with Gasteiger partial charge in [0, 0.05) is 30.9 Å². The summed E-state index contributed by atoms with van der Waals surface area (Å²) in [5, 5.41) is 3.23. The average Bonchev–Trinajstić information content (AvgIpc) is 2.96. The summed E-state index contributed by atoms with van der Waals surface area (Å²) in [6.07, 6.45) is 1.90. The Morgan fingerprint density at radius 3 is 2.74 bits per heavy atom. The quantitative estimate of drug-likeness (QED) is 0.943. The van der Waals surface area contributed by atoms with Gasteiger partial charge >= 0.3 is 0 Å². The molecule has 0 saturated carbocycles. The Morgan fingerprint density at radius 1 is 1.17 bits per heavy atom. The fraction of sp³-hybridized carbons (Fsp3) is 0.412. The molecule has 2 aromatic rings. The summed E-state index contributed by atoms with van der Waals surface area (Å²) in [6, 6.07) is 7.67. The minimum atomic E-state index is -0.0292. The Morgan fingerprint density at radius 2 is 2.00 bits per heavy atom. The molecule has 1 fully saturated rings. The van der Waals surface area contributed by atoms with Gasteiger partial charge < -0.3 is 10.2 Å². The molecule has 0 spiro atoms. The van der Waals surface area contributed by atoms with Gasteiger partial charge in [0.15, 0.2) is 5.82 Å². The Kier molecular flexibility index (Phi) is 4.23. The maximum absolute atomic E-state index is 11.8. The van der Waals surface area contributed by atoms with E-state index in [1.165, 1.54) is 0 Å². The molecule has 1 atom stereocenters. The van der Waals surface area contributed by atoms with Crippen LogP contribution in [0.4, 0.5) is 11.6 Å². The highest BCUT2D eigenvalue weighted by Crippen LogP contribution is 2.30. The first-order valence-corrected chi connectivity index (χ1v) is 7.86. The minimum absolute atomic E-state index is 0.0292. The maximum atomic E-state index is 11.8. The summed E-state index contributed by atoms with van der Waals surface area (Å²) >= 11 is 0. The van der Waals surface area contributed by atoms with Gasteiger partial charge in [0.25, 0.3) is 0 Å². The Bertz CT molecular complexity index is 731. The van der Waals surface area contributed by atoms with Crippen molar-refractivity contribution in [2.75, 3.05) is 11.9 Å². The average molecular weight is 311 g/mol. The van der Waals surface area contributed by atoms with Crippen LogP contribution in [0.3, 0.4) is 0 Å². The van der Waals surface area contributed by atoms with E-state index in [1.54, 1.807) is 6.92 Å². The molecule has 1 aliphatic rings. The van der Waals surface area contributed by atoms with E-state index in [-0.39, 0.29) is 11.9 Å². The molecule has 0 bridgehead atoms. The standard InChI is InChI=1S/C17H21N5O/c1-11-6-4-8-15(18-11)20-16-10-12(2)19-17(21-16)14-7-5-9-22(14)13(3)23/h4,6,8,10,14H,5,7,9H2,1-3H3,(H,18,19,20,21)/t14-/m0/s1. The van der Waals surface area contributed by atoms with Crippen LogP contribution in [0.1, 0.15) is 43.0 Å². The summed E-state index contributed by atoms with van der Waals surface area (Å²) in [7, 11) is 0. The van der Waals surface area contributed by atoms with Gasteiger partial charge in [0.05, 0.1) is 6.04 Å². The maximum Gasteiger partial charge on any atom is 0.220 e. The molecular formula is C17H21N5O. The van der Waals surface area contributed by atoms with Gasteiger partial charge in [-0.25, -0.2) is 15.0 Å². The van der Waals surface area contributed by atoms with E-state index in [9.17, 15) is 4.79 Å². The molecule has 3 rings (SSSR count). The number of amides is 1. The minimum Gasteiger partial charge on any atom is -0.333 e. The van der Waals surface area contributed by atoms with Crippen LogP contribution < -0.4 is 5.32 Å². The number of hydrogen-bond donors (Lipinski definition) is 1. The van der Waals surface area contributed by atoms with Crippen LogP contribution in [0.2, 0.25) is 0 Å². The first-order chi connectivity index (χ1) is 11.0. The largest absolute Gasteiger partial charge is 0.333 e. The molecule has 6 nitrogen and oxygen atoms in total. The molecule has 6 heteroatoms. The second-order valence-corrected chi connectivity index (χ2v) is 5.91. The molecular weight excluding hydrogens is 290 g/mol. The zero-order valence-electron chi connectivity index (χ0n) is 13.7. The molecule has 23 heavy (non-hydrogen) atoms. The number of likely N-dealkylation sites (tertiary alicyclic amines) is 1. The lowest BCUT2D eigenvalue weighted by atomic mass is 10.2. The molecule has 0 unspecified atom stereocenters. The number of nitrogens with one attached hydrogen (secondary N) is 1. The third-order valence-electron chi connectivity index (χ3n) is 3.97. The Balaban J connectivity index is 1.88. The predicted octanol–water partition coefficient (Wildman–Crippen LogP) is 2.92. The summed E-state index contributed by atoms with van der Waals surface area (Å²) in [6.45, 7) is 6.27. The predicted molar refractivity (Wildman–Crippen MR) is 88.4 cm³/mol. The Hall–Kier alpha value is -2.50. The molecule has 1 aliphatic heterocycles. The van der Waals surface area contributed by atoms with Crippen molar-refractivity contribution in [3.05, 3.63) is 41.5 Å². The van der Waals surface area contributed by atoms with Crippen molar-refractivity contribution in [2.45, 2.75) is 39.7 Å². The van der Waals surface area contributed by atoms with Crippen LogP contribution in [0.25, 0.3) is 0 Å². The number of nitrogens with zero attached hydrogens (tertiary/aromatic N) is 4. The number of hydrogen-bond acceptors (Lipinski definition) is 5. The van der Waals surface area contributed by atoms with Gasteiger partial charge in [-0.2, -0.15) is 0 Å². The van der Waals surface area contributed by atoms with Crippen molar-refractivity contribution >= 4 is 17.5 Å². The van der Waals surface area contributed by atoms with E-state index in [4.69, 9.17) is 0 Å². The smallest absolute Gasteiger partial charge is 0.220 e. The zero-order chi connectivity index (χ0) is 16.4. The number of pyridine rings is 1.